The van der Waals surface area contributed by atoms with Crippen LogP contribution in [0.2, 0.25) is 0 Å². The van der Waals surface area contributed by atoms with Crippen LogP contribution in [0.3, 0.4) is 0 Å². The van der Waals surface area contributed by atoms with Crippen molar-refractivity contribution in [3.8, 4) is 0 Å². The van der Waals surface area contributed by atoms with Gasteiger partial charge in [-0.2, -0.15) is 0 Å². The zero-order chi connectivity index (χ0) is 15.4. The van der Waals surface area contributed by atoms with Crippen LogP contribution >= 0.6 is 11.8 Å². The molecule has 2 N–H and O–H groups in total. The Labute approximate surface area is 133 Å². The fourth-order valence-electron chi connectivity index (χ4n) is 2.34. The Bertz CT molecular complexity index is 589. The lowest BCUT2D eigenvalue weighted by molar-refractivity contribution is 0.634. The number of rotatable bonds is 5. The molecule has 0 amide bonds. The molecule has 0 fully saturated rings. The van der Waals surface area contributed by atoms with Gasteiger partial charge < -0.3 is 5.73 Å². The molecular weight excluding hydrogens is 274 g/mol. The molecule has 0 saturated heterocycles. The largest absolute Gasteiger partial charge is 0.326 e. The van der Waals surface area contributed by atoms with Crippen LogP contribution in [0.5, 0.6) is 0 Å². The molecule has 0 aromatic heterocycles. The van der Waals surface area contributed by atoms with E-state index in [4.69, 9.17) is 5.73 Å². The predicted molar refractivity (Wildman–Crippen MR) is 94.0 cm³/mol. The molecule has 2 rings (SSSR count). The summed E-state index contributed by atoms with van der Waals surface area (Å²) in [5, 5.41) is 0.302. The molecule has 21 heavy (non-hydrogen) atoms. The van der Waals surface area contributed by atoms with Crippen molar-refractivity contribution in [1.82, 2.24) is 0 Å². The zero-order valence-electron chi connectivity index (χ0n) is 13.4. The van der Waals surface area contributed by atoms with Crippen LogP contribution in [0.15, 0.2) is 47.4 Å². The summed E-state index contributed by atoms with van der Waals surface area (Å²) in [6.07, 6.45) is 0.983. The molecule has 0 radical (unpaired) electrons. The smallest absolute Gasteiger partial charge is 0.0495 e. The van der Waals surface area contributed by atoms with E-state index in [2.05, 4.69) is 70.2 Å². The number of hydrogen-bond acceptors (Lipinski definition) is 2. The van der Waals surface area contributed by atoms with Gasteiger partial charge in [0.15, 0.2) is 0 Å². The maximum absolute atomic E-state index is 6.40. The van der Waals surface area contributed by atoms with Crippen molar-refractivity contribution in [2.24, 2.45) is 5.73 Å². The second kappa shape index (κ2) is 7.15. The first-order valence-corrected chi connectivity index (χ1v) is 8.45. The van der Waals surface area contributed by atoms with Gasteiger partial charge in [-0.1, -0.05) is 54.4 Å². The Kier molecular flexibility index (Phi) is 5.49. The Balaban J connectivity index is 2.32. The van der Waals surface area contributed by atoms with Crippen molar-refractivity contribution >= 4 is 11.8 Å². The molecule has 0 spiro atoms. The van der Waals surface area contributed by atoms with E-state index < -0.39 is 0 Å². The molecule has 2 atom stereocenters. The Hall–Kier alpha value is -1.25. The van der Waals surface area contributed by atoms with Crippen molar-refractivity contribution in [2.45, 2.75) is 50.3 Å². The van der Waals surface area contributed by atoms with E-state index in [0.717, 1.165) is 6.42 Å². The molecule has 1 nitrogen and oxygen atoms in total. The van der Waals surface area contributed by atoms with Gasteiger partial charge in [0.1, 0.15) is 0 Å². The van der Waals surface area contributed by atoms with Gasteiger partial charge in [0.2, 0.25) is 0 Å². The van der Waals surface area contributed by atoms with Crippen LogP contribution in [-0.2, 0) is 0 Å². The molecule has 0 saturated carbocycles. The quantitative estimate of drug-likeness (QED) is 0.770. The van der Waals surface area contributed by atoms with E-state index in [1.54, 1.807) is 0 Å². The summed E-state index contributed by atoms with van der Waals surface area (Å²) >= 11 is 1.90. The number of nitrogens with two attached hydrogens (primary N) is 1. The molecule has 0 aliphatic rings. The van der Waals surface area contributed by atoms with Crippen molar-refractivity contribution in [2.75, 3.05) is 0 Å². The number of hydrogen-bond donors (Lipinski definition) is 1. The summed E-state index contributed by atoms with van der Waals surface area (Å²) < 4.78 is 0. The van der Waals surface area contributed by atoms with Gasteiger partial charge in [-0.25, -0.2) is 0 Å². The fourth-order valence-corrected chi connectivity index (χ4v) is 3.79. The molecule has 2 aromatic rings. The Morgan fingerprint density at radius 3 is 2.19 bits per heavy atom. The van der Waals surface area contributed by atoms with E-state index in [9.17, 15) is 0 Å². The summed E-state index contributed by atoms with van der Waals surface area (Å²) in [7, 11) is 0. The second-order valence-corrected chi connectivity index (χ2v) is 6.97. The molecular formula is C19H25NS. The fraction of sp³-hybridized carbons (Fsp3) is 0.368. The number of benzene rings is 2. The van der Waals surface area contributed by atoms with E-state index in [1.165, 1.54) is 27.1 Å². The highest BCUT2D eigenvalue weighted by Crippen LogP contribution is 2.39. The molecule has 2 unspecified atom stereocenters. The predicted octanol–water partition coefficient (Wildman–Crippen LogP) is 5.18. The van der Waals surface area contributed by atoms with Crippen LogP contribution in [-0.4, -0.2) is 6.04 Å². The lowest BCUT2D eigenvalue weighted by Gasteiger charge is -2.24. The first-order chi connectivity index (χ1) is 10.0. The number of thioether (sulfide) groups is 1. The second-order valence-electron chi connectivity index (χ2n) is 5.79. The van der Waals surface area contributed by atoms with Gasteiger partial charge >= 0.3 is 0 Å². The minimum atomic E-state index is 0.164. The first-order valence-electron chi connectivity index (χ1n) is 7.57. The summed E-state index contributed by atoms with van der Waals surface area (Å²) in [6.45, 7) is 8.60. The van der Waals surface area contributed by atoms with Crippen LogP contribution in [0.4, 0.5) is 0 Å². The summed E-state index contributed by atoms with van der Waals surface area (Å²) in [6, 6.07) is 15.6. The van der Waals surface area contributed by atoms with Crippen molar-refractivity contribution in [3.05, 3.63) is 64.7 Å². The van der Waals surface area contributed by atoms with Crippen LogP contribution in [0.1, 0.15) is 40.8 Å². The highest BCUT2D eigenvalue weighted by atomic mass is 32.2. The lowest BCUT2D eigenvalue weighted by Crippen LogP contribution is -2.25. The molecule has 0 aliphatic heterocycles. The molecule has 2 heteroatoms. The van der Waals surface area contributed by atoms with Gasteiger partial charge in [0.25, 0.3) is 0 Å². The summed E-state index contributed by atoms with van der Waals surface area (Å²) in [5.41, 5.74) is 11.6. The molecule has 0 aliphatic carbocycles. The topological polar surface area (TPSA) is 26.0 Å². The van der Waals surface area contributed by atoms with Crippen LogP contribution in [0, 0.1) is 20.8 Å². The van der Waals surface area contributed by atoms with E-state index in [1.807, 2.05) is 11.8 Å². The monoisotopic (exact) mass is 299 g/mol. The molecule has 0 bridgehead atoms. The third-order valence-corrected chi connectivity index (χ3v) is 5.43. The van der Waals surface area contributed by atoms with E-state index >= 15 is 0 Å². The van der Waals surface area contributed by atoms with Crippen LogP contribution < -0.4 is 5.73 Å². The van der Waals surface area contributed by atoms with Crippen LogP contribution in [0.25, 0.3) is 0 Å². The van der Waals surface area contributed by atoms with Crippen molar-refractivity contribution in [1.29, 1.82) is 0 Å². The SMILES string of the molecule is CCC(N)C(Sc1cc(C)ccc1C)c1ccc(C)cc1. The first kappa shape index (κ1) is 16.1. The van der Waals surface area contributed by atoms with Gasteiger partial charge in [0.05, 0.1) is 0 Å². The third kappa shape index (κ3) is 4.12. The maximum Gasteiger partial charge on any atom is 0.0495 e. The van der Waals surface area contributed by atoms with Gasteiger partial charge in [0, 0.05) is 16.2 Å². The normalized spacial score (nSPS) is 14.0. The summed E-state index contributed by atoms with van der Waals surface area (Å²) in [4.78, 5) is 1.34. The average Bonchev–Trinajstić information content (AvgIpc) is 2.48. The Morgan fingerprint density at radius 1 is 0.952 bits per heavy atom. The lowest BCUT2D eigenvalue weighted by atomic mass is 10.0. The van der Waals surface area contributed by atoms with E-state index in [0.29, 0.717) is 5.25 Å². The third-order valence-electron chi connectivity index (χ3n) is 3.86. The molecule has 0 heterocycles. The average molecular weight is 299 g/mol. The van der Waals surface area contributed by atoms with Gasteiger partial charge in [-0.15, -0.1) is 11.8 Å². The highest BCUT2D eigenvalue weighted by molar-refractivity contribution is 7.99. The van der Waals surface area contributed by atoms with Gasteiger partial charge in [-0.3, -0.25) is 0 Å². The molecule has 112 valence electrons. The highest BCUT2D eigenvalue weighted by Gasteiger charge is 2.20. The molecule has 2 aromatic carbocycles. The van der Waals surface area contributed by atoms with Crippen molar-refractivity contribution < 1.29 is 0 Å². The van der Waals surface area contributed by atoms with Crippen molar-refractivity contribution in [3.63, 3.8) is 0 Å². The number of aryl methyl sites for hydroxylation is 3. The summed E-state index contributed by atoms with van der Waals surface area (Å²) in [5.74, 6) is 0. The minimum Gasteiger partial charge on any atom is -0.326 e. The van der Waals surface area contributed by atoms with Gasteiger partial charge in [-0.05, 0) is 44.4 Å². The Morgan fingerprint density at radius 2 is 1.57 bits per heavy atom. The standard InChI is InChI=1S/C19H25NS/c1-5-17(20)19(16-10-7-13(2)8-11-16)21-18-12-14(3)6-9-15(18)4/h6-12,17,19H,5,20H2,1-4H3. The van der Waals surface area contributed by atoms with E-state index in [-0.39, 0.29) is 6.04 Å². The minimum absolute atomic E-state index is 0.164. The zero-order valence-corrected chi connectivity index (χ0v) is 14.2. The maximum atomic E-state index is 6.40.